The molecule has 2 heteroatoms. The van der Waals surface area contributed by atoms with Gasteiger partial charge < -0.3 is 9.84 Å². The smallest absolute Gasteiger partial charge is 0.160 e. The van der Waals surface area contributed by atoms with E-state index in [9.17, 15) is 5.11 Å². The van der Waals surface area contributed by atoms with Gasteiger partial charge in [-0.25, -0.2) is 0 Å². The van der Waals surface area contributed by atoms with Crippen molar-refractivity contribution in [2.45, 2.75) is 19.8 Å². The predicted molar refractivity (Wildman–Crippen MR) is 47.3 cm³/mol. The van der Waals surface area contributed by atoms with Crippen LogP contribution in [-0.4, -0.2) is 11.7 Å². The topological polar surface area (TPSA) is 29.5 Å². The normalized spacial score (nSPS) is 9.75. The molecule has 0 aromatic heterocycles. The van der Waals surface area contributed by atoms with E-state index in [1.807, 2.05) is 0 Å². The molecule has 1 aromatic rings. The van der Waals surface area contributed by atoms with Gasteiger partial charge in [0.1, 0.15) is 0 Å². The maximum atomic E-state index is 9.25. The van der Waals surface area contributed by atoms with Crippen LogP contribution >= 0.6 is 0 Å². The van der Waals surface area contributed by atoms with Gasteiger partial charge in [0.25, 0.3) is 0 Å². The van der Waals surface area contributed by atoms with Crippen molar-refractivity contribution in [1.29, 1.82) is 0 Å². The van der Waals surface area contributed by atoms with Crippen LogP contribution in [0, 0.1) is 6.07 Å². The van der Waals surface area contributed by atoms with Gasteiger partial charge in [0.2, 0.25) is 0 Å². The Morgan fingerprint density at radius 3 is 3.08 bits per heavy atom. The summed E-state index contributed by atoms with van der Waals surface area (Å²) in [6.45, 7) is 2.76. The van der Waals surface area contributed by atoms with Gasteiger partial charge in [0.15, 0.2) is 11.5 Å². The van der Waals surface area contributed by atoms with E-state index in [0.717, 1.165) is 12.8 Å². The second-order valence-corrected chi connectivity index (χ2v) is 2.60. The molecule has 0 saturated heterocycles. The van der Waals surface area contributed by atoms with Gasteiger partial charge in [-0.2, -0.15) is 0 Å². The molecule has 65 valence electrons. The fourth-order valence-electron chi connectivity index (χ4n) is 0.856. The van der Waals surface area contributed by atoms with Crippen LogP contribution in [0.2, 0.25) is 0 Å². The van der Waals surface area contributed by atoms with Crippen molar-refractivity contribution in [3.05, 3.63) is 24.3 Å². The van der Waals surface area contributed by atoms with Gasteiger partial charge in [-0.05, 0) is 24.6 Å². The number of phenols is 1. The number of ether oxygens (including phenoxy) is 1. The molecule has 1 N–H and O–H groups in total. The monoisotopic (exact) mass is 165 g/mol. The van der Waals surface area contributed by atoms with Crippen LogP contribution < -0.4 is 4.74 Å². The Kier molecular flexibility index (Phi) is 3.45. The molecule has 1 rings (SSSR count). The molecular formula is C10H13O2. The highest BCUT2D eigenvalue weighted by Gasteiger charge is 1.98. The van der Waals surface area contributed by atoms with Crippen molar-refractivity contribution in [2.75, 3.05) is 6.61 Å². The summed E-state index contributed by atoms with van der Waals surface area (Å²) in [6, 6.07) is 7.70. The lowest BCUT2D eigenvalue weighted by Crippen LogP contribution is -1.96. The van der Waals surface area contributed by atoms with Crippen LogP contribution in [-0.2, 0) is 0 Å². The van der Waals surface area contributed by atoms with E-state index in [4.69, 9.17) is 4.74 Å². The van der Waals surface area contributed by atoms with E-state index in [2.05, 4.69) is 13.0 Å². The van der Waals surface area contributed by atoms with Gasteiger partial charge in [-0.1, -0.05) is 19.4 Å². The molecule has 0 aliphatic heterocycles. The largest absolute Gasteiger partial charge is 0.504 e. The summed E-state index contributed by atoms with van der Waals surface area (Å²) in [5.41, 5.74) is 0. The molecule has 0 saturated carbocycles. The zero-order chi connectivity index (χ0) is 8.81. The van der Waals surface area contributed by atoms with Crippen molar-refractivity contribution in [3.63, 3.8) is 0 Å². The minimum absolute atomic E-state index is 0.161. The number of benzene rings is 1. The molecule has 2 nitrogen and oxygen atoms in total. The Hall–Kier alpha value is -1.18. The Morgan fingerprint density at radius 2 is 2.42 bits per heavy atom. The summed E-state index contributed by atoms with van der Waals surface area (Å²) in [5.74, 6) is 0.704. The first-order valence-corrected chi connectivity index (χ1v) is 4.16. The fourth-order valence-corrected chi connectivity index (χ4v) is 0.856. The van der Waals surface area contributed by atoms with Gasteiger partial charge in [-0.15, -0.1) is 0 Å². The van der Waals surface area contributed by atoms with Gasteiger partial charge in [-0.3, -0.25) is 0 Å². The molecule has 0 aliphatic carbocycles. The highest BCUT2D eigenvalue weighted by atomic mass is 16.5. The second kappa shape index (κ2) is 4.65. The number of hydrogen-bond donors (Lipinski definition) is 1. The van der Waals surface area contributed by atoms with Crippen molar-refractivity contribution >= 4 is 0 Å². The minimum Gasteiger partial charge on any atom is -0.504 e. The van der Waals surface area contributed by atoms with Crippen LogP contribution in [0.5, 0.6) is 11.5 Å². The minimum atomic E-state index is 0.161. The first-order chi connectivity index (χ1) is 5.84. The van der Waals surface area contributed by atoms with E-state index in [1.165, 1.54) is 6.07 Å². The third-order valence-corrected chi connectivity index (χ3v) is 1.56. The Labute approximate surface area is 72.8 Å². The van der Waals surface area contributed by atoms with Crippen LogP contribution in [0.1, 0.15) is 19.8 Å². The standard InChI is InChI=1S/C10H13O2/c1-2-3-8-12-10-7-5-4-6-9(10)11/h5-7,11H,2-3,8H2,1H3. The first-order valence-electron chi connectivity index (χ1n) is 4.16. The van der Waals surface area contributed by atoms with Crippen LogP contribution in [0.3, 0.4) is 0 Å². The van der Waals surface area contributed by atoms with Crippen LogP contribution in [0.15, 0.2) is 18.2 Å². The summed E-state index contributed by atoms with van der Waals surface area (Å²) in [6.07, 6.45) is 2.11. The van der Waals surface area contributed by atoms with Gasteiger partial charge in [0, 0.05) is 0 Å². The molecule has 1 radical (unpaired) electrons. The van der Waals surface area contributed by atoms with Crippen molar-refractivity contribution in [2.24, 2.45) is 0 Å². The Morgan fingerprint density at radius 1 is 1.58 bits per heavy atom. The molecule has 0 unspecified atom stereocenters. The maximum Gasteiger partial charge on any atom is 0.160 e. The molecule has 0 fully saturated rings. The quantitative estimate of drug-likeness (QED) is 0.694. The van der Waals surface area contributed by atoms with E-state index in [1.54, 1.807) is 12.1 Å². The number of rotatable bonds is 4. The zero-order valence-electron chi connectivity index (χ0n) is 7.21. The average Bonchev–Trinajstić information content (AvgIpc) is 2.09. The average molecular weight is 165 g/mol. The third-order valence-electron chi connectivity index (χ3n) is 1.56. The lowest BCUT2D eigenvalue weighted by Gasteiger charge is -2.05. The third kappa shape index (κ3) is 2.46. The summed E-state index contributed by atoms with van der Waals surface area (Å²) in [5, 5.41) is 9.25. The molecular weight excluding hydrogens is 152 g/mol. The molecule has 0 atom stereocenters. The van der Waals surface area contributed by atoms with Gasteiger partial charge in [0.05, 0.1) is 6.61 Å². The fraction of sp³-hybridized carbons (Fsp3) is 0.400. The predicted octanol–water partition coefficient (Wildman–Crippen LogP) is 2.37. The molecule has 0 heterocycles. The number of unbranched alkanes of at least 4 members (excludes halogenated alkanes) is 1. The summed E-state index contributed by atoms with van der Waals surface area (Å²) in [4.78, 5) is 0. The SMILES string of the molecule is CCCCOc1cc[c]cc1O. The highest BCUT2D eigenvalue weighted by molar-refractivity contribution is 5.37. The van der Waals surface area contributed by atoms with Crippen molar-refractivity contribution in [3.8, 4) is 11.5 Å². The lowest BCUT2D eigenvalue weighted by atomic mass is 10.3. The molecule has 0 bridgehead atoms. The molecule has 0 aliphatic rings. The summed E-state index contributed by atoms with van der Waals surface area (Å²) >= 11 is 0. The Balaban J connectivity index is 2.46. The van der Waals surface area contributed by atoms with E-state index >= 15 is 0 Å². The Bertz CT molecular complexity index is 233. The molecule has 0 spiro atoms. The highest BCUT2D eigenvalue weighted by Crippen LogP contribution is 2.23. The second-order valence-electron chi connectivity index (χ2n) is 2.60. The molecule has 12 heavy (non-hydrogen) atoms. The van der Waals surface area contributed by atoms with Crippen LogP contribution in [0.4, 0.5) is 0 Å². The van der Waals surface area contributed by atoms with Gasteiger partial charge >= 0.3 is 0 Å². The molecule has 0 amide bonds. The van der Waals surface area contributed by atoms with Crippen LogP contribution in [0.25, 0.3) is 0 Å². The zero-order valence-corrected chi connectivity index (χ0v) is 7.21. The number of phenolic OH excluding ortho intramolecular Hbond substituents is 1. The van der Waals surface area contributed by atoms with Crippen molar-refractivity contribution < 1.29 is 9.84 Å². The van der Waals surface area contributed by atoms with E-state index in [0.29, 0.717) is 12.4 Å². The van der Waals surface area contributed by atoms with E-state index in [-0.39, 0.29) is 5.75 Å². The summed E-state index contributed by atoms with van der Waals surface area (Å²) < 4.78 is 5.31. The number of hydrogen-bond acceptors (Lipinski definition) is 2. The summed E-state index contributed by atoms with van der Waals surface area (Å²) in [7, 11) is 0. The first kappa shape index (κ1) is 8.91. The lowest BCUT2D eigenvalue weighted by molar-refractivity contribution is 0.293. The number of aromatic hydroxyl groups is 1. The maximum absolute atomic E-state index is 9.25. The molecule has 1 aromatic carbocycles. The van der Waals surface area contributed by atoms with Crippen molar-refractivity contribution in [1.82, 2.24) is 0 Å². The van der Waals surface area contributed by atoms with E-state index < -0.39 is 0 Å².